The minimum atomic E-state index is -0.752. The normalized spacial score (nSPS) is 20.5. The maximum absolute atomic E-state index is 13.2. The van der Waals surface area contributed by atoms with Crippen molar-refractivity contribution in [1.29, 1.82) is 0 Å². The van der Waals surface area contributed by atoms with Crippen molar-refractivity contribution in [1.82, 2.24) is 0 Å². The number of benzene rings is 3. The molecule has 3 nitrogen and oxygen atoms in total. The van der Waals surface area contributed by atoms with Gasteiger partial charge in [-0.3, -0.25) is 4.79 Å². The second-order valence-corrected chi connectivity index (χ2v) is 14.7. The molecule has 0 N–H and O–H groups in total. The highest BCUT2D eigenvalue weighted by molar-refractivity contribution is 7.68. The molecule has 2 atom stereocenters. The quantitative estimate of drug-likeness (QED) is 0.320. The first-order valence-electron chi connectivity index (χ1n) is 13.2. The molecule has 1 heterocycles. The molecule has 0 spiro atoms. The van der Waals surface area contributed by atoms with Gasteiger partial charge in [-0.1, -0.05) is 104 Å². The Morgan fingerprint density at radius 2 is 1.00 bits per heavy atom. The topological polar surface area (TPSA) is 35.5 Å². The van der Waals surface area contributed by atoms with Gasteiger partial charge in [0.15, 0.2) is 0 Å². The summed E-state index contributed by atoms with van der Waals surface area (Å²) in [5, 5.41) is 1.36. The highest BCUT2D eigenvalue weighted by atomic mass is 31.1. The van der Waals surface area contributed by atoms with Crippen molar-refractivity contribution in [3.63, 3.8) is 0 Å². The van der Waals surface area contributed by atoms with Crippen LogP contribution in [0.1, 0.15) is 54.4 Å². The molecule has 2 unspecified atom stereocenters. The molecule has 1 saturated heterocycles. The third-order valence-corrected chi connectivity index (χ3v) is 11.9. The van der Waals surface area contributed by atoms with E-state index in [-0.39, 0.29) is 22.1 Å². The van der Waals surface area contributed by atoms with E-state index in [9.17, 15) is 4.79 Å². The molecule has 37 heavy (non-hydrogen) atoms. The Balaban J connectivity index is 2.13. The summed E-state index contributed by atoms with van der Waals surface area (Å²) in [6, 6.07) is 23.2. The fourth-order valence-electron chi connectivity index (χ4n) is 5.68. The summed E-state index contributed by atoms with van der Waals surface area (Å²) in [6.45, 7) is 13.8. The zero-order chi connectivity index (χ0) is 27.0. The van der Waals surface area contributed by atoms with Gasteiger partial charge in [0.2, 0.25) is 0 Å². The lowest BCUT2D eigenvalue weighted by Crippen LogP contribution is -2.44. The molecule has 196 valence electrons. The summed E-state index contributed by atoms with van der Waals surface area (Å²) < 4.78 is 11.7. The number of hydrogen-bond acceptors (Lipinski definition) is 3. The molecule has 0 aromatic heterocycles. The molecule has 1 aliphatic heterocycles. The molecular weight excluding hydrogens is 475 g/mol. The van der Waals surface area contributed by atoms with Crippen molar-refractivity contribution in [2.24, 2.45) is 10.8 Å². The van der Waals surface area contributed by atoms with E-state index in [1.54, 1.807) is 14.2 Å². The Morgan fingerprint density at radius 1 is 0.622 bits per heavy atom. The van der Waals surface area contributed by atoms with Crippen molar-refractivity contribution in [3.8, 4) is 33.8 Å². The second-order valence-electron chi connectivity index (χ2n) is 12.2. The van der Waals surface area contributed by atoms with Crippen LogP contribution in [0.3, 0.4) is 0 Å². The van der Waals surface area contributed by atoms with Gasteiger partial charge in [0, 0.05) is 24.0 Å². The van der Waals surface area contributed by atoms with E-state index in [0.717, 1.165) is 22.6 Å². The van der Waals surface area contributed by atoms with Gasteiger partial charge < -0.3 is 9.47 Å². The van der Waals surface area contributed by atoms with Gasteiger partial charge in [-0.05, 0) is 50.7 Å². The summed E-state index contributed by atoms with van der Waals surface area (Å²) >= 11 is 0. The summed E-state index contributed by atoms with van der Waals surface area (Å²) in [4.78, 5) is 13.2. The fourth-order valence-corrected chi connectivity index (χ4v) is 10.2. The lowest BCUT2D eigenvalue weighted by atomic mass is 9.84. The van der Waals surface area contributed by atoms with E-state index in [2.05, 4.69) is 84.0 Å². The Kier molecular flexibility index (Phi) is 7.86. The fraction of sp³-hybridized carbons (Fsp3) is 0.424. The molecule has 0 aliphatic carbocycles. The standard InChI is InChI=1S/C33H41O3P/c1-32(2,3)29-20-22(34)21-30(33(4,5)6)37(29)31-25(23-14-9-11-18-27(23)35-7)16-13-17-26(31)24-15-10-12-19-28(24)36-8/h9-19,29-30H,20-21H2,1-8H3. The van der Waals surface area contributed by atoms with Crippen LogP contribution in [0.15, 0.2) is 66.7 Å². The molecule has 0 saturated carbocycles. The molecule has 1 aliphatic rings. The largest absolute Gasteiger partial charge is 0.496 e. The van der Waals surface area contributed by atoms with Crippen LogP contribution in [-0.4, -0.2) is 31.3 Å². The van der Waals surface area contributed by atoms with Crippen molar-refractivity contribution >= 4 is 19.0 Å². The van der Waals surface area contributed by atoms with Gasteiger partial charge in [0.1, 0.15) is 17.3 Å². The lowest BCUT2D eigenvalue weighted by Gasteiger charge is -2.50. The first kappa shape index (κ1) is 27.4. The SMILES string of the molecule is COc1ccccc1-c1cccc(-c2ccccc2OC)c1P1C(C(C)(C)C)CC(=O)CC1C(C)(C)C. The summed E-state index contributed by atoms with van der Waals surface area (Å²) in [6.07, 6.45) is 1.26. The lowest BCUT2D eigenvalue weighted by molar-refractivity contribution is -0.120. The molecule has 4 heteroatoms. The van der Waals surface area contributed by atoms with E-state index < -0.39 is 7.92 Å². The summed E-state index contributed by atoms with van der Waals surface area (Å²) in [5.41, 5.74) is 5.08. The number of rotatable bonds is 5. The first-order valence-corrected chi connectivity index (χ1v) is 14.6. The third kappa shape index (κ3) is 5.48. The molecular formula is C33H41O3P. The minimum absolute atomic E-state index is 0.0167. The first-order chi connectivity index (χ1) is 17.5. The molecule has 0 amide bonds. The molecule has 3 aromatic rings. The van der Waals surface area contributed by atoms with Crippen LogP contribution in [0.25, 0.3) is 22.3 Å². The van der Waals surface area contributed by atoms with Gasteiger partial charge in [-0.15, -0.1) is 0 Å². The van der Waals surface area contributed by atoms with Gasteiger partial charge >= 0.3 is 0 Å². The molecule has 3 aromatic carbocycles. The number of para-hydroxylation sites is 2. The van der Waals surface area contributed by atoms with Crippen molar-refractivity contribution in [3.05, 3.63) is 66.7 Å². The zero-order valence-electron chi connectivity index (χ0n) is 23.6. The van der Waals surface area contributed by atoms with Crippen LogP contribution >= 0.6 is 7.92 Å². The predicted octanol–water partition coefficient (Wildman–Crippen LogP) is 8.34. The number of methoxy groups -OCH3 is 2. The van der Waals surface area contributed by atoms with Gasteiger partial charge in [0.25, 0.3) is 0 Å². The van der Waals surface area contributed by atoms with Crippen LogP contribution in [0.2, 0.25) is 0 Å². The highest BCUT2D eigenvalue weighted by Gasteiger charge is 2.48. The number of ketones is 1. The van der Waals surface area contributed by atoms with Gasteiger partial charge in [0.05, 0.1) is 14.2 Å². The maximum atomic E-state index is 13.2. The smallest absolute Gasteiger partial charge is 0.134 e. The van der Waals surface area contributed by atoms with Crippen LogP contribution < -0.4 is 14.8 Å². The Morgan fingerprint density at radius 3 is 1.38 bits per heavy atom. The van der Waals surface area contributed by atoms with Crippen molar-refractivity contribution in [2.45, 2.75) is 65.7 Å². The van der Waals surface area contributed by atoms with Gasteiger partial charge in [-0.25, -0.2) is 0 Å². The van der Waals surface area contributed by atoms with Crippen LogP contribution in [-0.2, 0) is 4.79 Å². The van der Waals surface area contributed by atoms with Gasteiger partial charge in [-0.2, -0.15) is 0 Å². The Bertz CT molecular complexity index is 1170. The number of ether oxygens (including phenoxy) is 2. The van der Waals surface area contributed by atoms with E-state index in [0.29, 0.717) is 18.6 Å². The summed E-state index contributed by atoms with van der Waals surface area (Å²) in [5.74, 6) is 2.12. The van der Waals surface area contributed by atoms with E-state index in [1.807, 2.05) is 24.3 Å². The monoisotopic (exact) mass is 516 g/mol. The number of hydrogen-bond donors (Lipinski definition) is 0. The number of carbonyl (C=O) groups excluding carboxylic acids is 1. The zero-order valence-corrected chi connectivity index (χ0v) is 24.5. The summed E-state index contributed by atoms with van der Waals surface area (Å²) in [7, 11) is 2.73. The van der Waals surface area contributed by atoms with Crippen LogP contribution in [0, 0.1) is 10.8 Å². The van der Waals surface area contributed by atoms with E-state index >= 15 is 0 Å². The predicted molar refractivity (Wildman–Crippen MR) is 158 cm³/mol. The van der Waals surface area contributed by atoms with E-state index in [1.165, 1.54) is 16.4 Å². The average Bonchev–Trinajstić information content (AvgIpc) is 2.86. The van der Waals surface area contributed by atoms with Crippen molar-refractivity contribution < 1.29 is 14.3 Å². The highest BCUT2D eigenvalue weighted by Crippen LogP contribution is 2.63. The second kappa shape index (κ2) is 10.6. The van der Waals surface area contributed by atoms with Crippen LogP contribution in [0.4, 0.5) is 0 Å². The molecule has 0 radical (unpaired) electrons. The molecule has 1 fully saturated rings. The van der Waals surface area contributed by atoms with E-state index in [4.69, 9.17) is 9.47 Å². The number of carbonyl (C=O) groups is 1. The third-order valence-electron chi connectivity index (χ3n) is 7.60. The van der Waals surface area contributed by atoms with Crippen molar-refractivity contribution in [2.75, 3.05) is 14.2 Å². The molecule has 0 bridgehead atoms. The Labute approximate surface area is 224 Å². The number of Topliss-reactive ketones (excluding diaryl/α,β-unsaturated/α-hetero) is 1. The average molecular weight is 517 g/mol. The maximum Gasteiger partial charge on any atom is 0.134 e. The molecule has 4 rings (SSSR count). The van der Waals surface area contributed by atoms with Crippen LogP contribution in [0.5, 0.6) is 11.5 Å². The minimum Gasteiger partial charge on any atom is -0.496 e. The Hall–Kier alpha value is -2.64.